The van der Waals surface area contributed by atoms with Crippen molar-refractivity contribution in [3.05, 3.63) is 57.0 Å². The highest BCUT2D eigenvalue weighted by atomic mass is 79.9. The molecule has 2 rings (SSSR count). The minimum Gasteiger partial charge on any atom is -0.399 e. The second-order valence-electron chi connectivity index (χ2n) is 4.27. The Labute approximate surface area is 135 Å². The maximum Gasteiger partial charge on any atom is 0.259 e. The number of anilines is 2. The second kappa shape index (κ2) is 6.41. The number of carbonyl (C=O) groups excluding carboxylic acids is 1. The summed E-state index contributed by atoms with van der Waals surface area (Å²) in [5.41, 5.74) is 7.82. The number of nitrogen functional groups attached to an aromatic ring is 1. The molecule has 2 N–H and O–H groups in total. The van der Waals surface area contributed by atoms with Gasteiger partial charge in [-0.15, -0.1) is 0 Å². The first-order valence-electron chi connectivity index (χ1n) is 6.15. The minimum atomic E-state index is -0.0505. The first kappa shape index (κ1) is 15.1. The molecule has 104 valence electrons. The molecule has 0 aliphatic rings. The van der Waals surface area contributed by atoms with Gasteiger partial charge in [0.15, 0.2) is 0 Å². The molecule has 0 aromatic heterocycles. The lowest BCUT2D eigenvalue weighted by Gasteiger charge is -2.22. The summed E-state index contributed by atoms with van der Waals surface area (Å²) in [5, 5.41) is 0. The smallest absolute Gasteiger partial charge is 0.259 e. The van der Waals surface area contributed by atoms with Gasteiger partial charge in [0, 0.05) is 26.9 Å². The predicted octanol–water partition coefficient (Wildman–Crippen LogP) is 4.46. The molecule has 2 aromatic rings. The van der Waals surface area contributed by atoms with Gasteiger partial charge in [-0.25, -0.2) is 0 Å². The average Bonchev–Trinajstić information content (AvgIpc) is 2.44. The van der Waals surface area contributed by atoms with Gasteiger partial charge in [-0.05, 0) is 65.3 Å². The first-order valence-corrected chi connectivity index (χ1v) is 7.74. The van der Waals surface area contributed by atoms with E-state index in [2.05, 4.69) is 31.9 Å². The van der Waals surface area contributed by atoms with E-state index in [0.717, 1.165) is 14.6 Å². The van der Waals surface area contributed by atoms with Crippen LogP contribution >= 0.6 is 31.9 Å². The summed E-state index contributed by atoms with van der Waals surface area (Å²) in [6.07, 6.45) is 0. The largest absolute Gasteiger partial charge is 0.399 e. The van der Waals surface area contributed by atoms with E-state index in [1.165, 1.54) is 0 Å². The van der Waals surface area contributed by atoms with Crippen LogP contribution in [0.3, 0.4) is 0 Å². The summed E-state index contributed by atoms with van der Waals surface area (Å²) in [6.45, 7) is 2.53. The van der Waals surface area contributed by atoms with E-state index in [-0.39, 0.29) is 5.91 Å². The lowest BCUT2D eigenvalue weighted by atomic mass is 10.1. The van der Waals surface area contributed by atoms with E-state index in [4.69, 9.17) is 5.73 Å². The van der Waals surface area contributed by atoms with Crippen molar-refractivity contribution in [2.75, 3.05) is 17.2 Å². The predicted molar refractivity (Wildman–Crippen MR) is 90.0 cm³/mol. The number of hydrogen-bond acceptors (Lipinski definition) is 2. The van der Waals surface area contributed by atoms with Crippen molar-refractivity contribution >= 4 is 49.1 Å². The van der Waals surface area contributed by atoms with Crippen LogP contribution in [0, 0.1) is 0 Å². The standard InChI is InChI=1S/C15H14Br2N2O/c1-2-19(12-6-4-11(18)5-7-12)15(20)13-9-10(16)3-8-14(13)17/h3-9H,2,18H2,1H3. The minimum absolute atomic E-state index is 0.0505. The fraction of sp³-hybridized carbons (Fsp3) is 0.133. The average molecular weight is 398 g/mol. The van der Waals surface area contributed by atoms with Gasteiger partial charge in [0.2, 0.25) is 0 Å². The molecule has 1 amide bonds. The Morgan fingerprint density at radius 2 is 1.80 bits per heavy atom. The van der Waals surface area contributed by atoms with Crippen LogP contribution in [-0.2, 0) is 0 Å². The highest BCUT2D eigenvalue weighted by Gasteiger charge is 2.18. The van der Waals surface area contributed by atoms with Crippen molar-refractivity contribution in [1.82, 2.24) is 0 Å². The molecule has 0 saturated heterocycles. The van der Waals surface area contributed by atoms with Crippen molar-refractivity contribution < 1.29 is 4.79 Å². The molecule has 2 aromatic carbocycles. The van der Waals surface area contributed by atoms with Crippen molar-refractivity contribution in [3.63, 3.8) is 0 Å². The number of hydrogen-bond donors (Lipinski definition) is 1. The maximum atomic E-state index is 12.7. The number of nitrogens with two attached hydrogens (primary N) is 1. The van der Waals surface area contributed by atoms with Crippen molar-refractivity contribution in [3.8, 4) is 0 Å². The number of benzene rings is 2. The van der Waals surface area contributed by atoms with Crippen LogP contribution in [-0.4, -0.2) is 12.5 Å². The Morgan fingerprint density at radius 1 is 1.15 bits per heavy atom. The summed E-state index contributed by atoms with van der Waals surface area (Å²) < 4.78 is 1.65. The summed E-state index contributed by atoms with van der Waals surface area (Å²) in [7, 11) is 0. The van der Waals surface area contributed by atoms with E-state index < -0.39 is 0 Å². The molecule has 0 atom stereocenters. The highest BCUT2D eigenvalue weighted by Crippen LogP contribution is 2.25. The fourth-order valence-corrected chi connectivity index (χ4v) is 2.68. The van der Waals surface area contributed by atoms with Crippen LogP contribution in [0.1, 0.15) is 17.3 Å². The lowest BCUT2D eigenvalue weighted by Crippen LogP contribution is -2.30. The molecule has 0 spiro atoms. The normalized spacial score (nSPS) is 10.3. The van der Waals surface area contributed by atoms with E-state index in [1.807, 2.05) is 37.3 Å². The van der Waals surface area contributed by atoms with Crippen LogP contribution in [0.2, 0.25) is 0 Å². The molecular weight excluding hydrogens is 384 g/mol. The van der Waals surface area contributed by atoms with E-state index in [0.29, 0.717) is 17.8 Å². The third kappa shape index (κ3) is 3.22. The molecule has 0 unspecified atom stereocenters. The monoisotopic (exact) mass is 396 g/mol. The van der Waals surface area contributed by atoms with E-state index in [1.54, 1.807) is 17.0 Å². The Hall–Kier alpha value is -1.33. The van der Waals surface area contributed by atoms with Gasteiger partial charge in [0.05, 0.1) is 5.56 Å². The Kier molecular flexibility index (Phi) is 4.83. The zero-order valence-electron chi connectivity index (χ0n) is 10.9. The molecule has 5 heteroatoms. The molecule has 3 nitrogen and oxygen atoms in total. The van der Waals surface area contributed by atoms with Gasteiger partial charge in [-0.1, -0.05) is 15.9 Å². The molecule has 0 fully saturated rings. The van der Waals surface area contributed by atoms with Gasteiger partial charge in [-0.3, -0.25) is 4.79 Å². The second-order valence-corrected chi connectivity index (χ2v) is 6.04. The molecule has 0 aliphatic heterocycles. The molecule has 20 heavy (non-hydrogen) atoms. The van der Waals surface area contributed by atoms with Crippen LogP contribution < -0.4 is 10.6 Å². The number of rotatable bonds is 3. The van der Waals surface area contributed by atoms with Gasteiger partial charge in [-0.2, -0.15) is 0 Å². The maximum absolute atomic E-state index is 12.7. The van der Waals surface area contributed by atoms with Crippen LogP contribution in [0.25, 0.3) is 0 Å². The zero-order valence-corrected chi connectivity index (χ0v) is 14.1. The summed E-state index contributed by atoms with van der Waals surface area (Å²) in [5.74, 6) is -0.0505. The molecule has 0 radical (unpaired) electrons. The zero-order chi connectivity index (χ0) is 14.7. The third-order valence-electron chi connectivity index (χ3n) is 2.92. The van der Waals surface area contributed by atoms with Crippen molar-refractivity contribution in [2.24, 2.45) is 0 Å². The summed E-state index contributed by atoms with van der Waals surface area (Å²) >= 11 is 6.82. The summed E-state index contributed by atoms with van der Waals surface area (Å²) in [6, 6.07) is 12.8. The molecular formula is C15H14Br2N2O. The number of carbonyl (C=O) groups is 1. The van der Waals surface area contributed by atoms with Gasteiger partial charge >= 0.3 is 0 Å². The topological polar surface area (TPSA) is 46.3 Å². The SMILES string of the molecule is CCN(C(=O)c1cc(Br)ccc1Br)c1ccc(N)cc1. The third-order valence-corrected chi connectivity index (χ3v) is 4.11. The number of halogens is 2. The Bertz CT molecular complexity index is 626. The number of amides is 1. The van der Waals surface area contributed by atoms with Crippen LogP contribution in [0.4, 0.5) is 11.4 Å². The van der Waals surface area contributed by atoms with E-state index in [9.17, 15) is 4.79 Å². The first-order chi connectivity index (χ1) is 9.52. The molecule has 0 aliphatic carbocycles. The molecule has 0 saturated carbocycles. The van der Waals surface area contributed by atoms with Crippen LogP contribution in [0.15, 0.2) is 51.4 Å². The lowest BCUT2D eigenvalue weighted by molar-refractivity contribution is 0.0987. The van der Waals surface area contributed by atoms with Gasteiger partial charge in [0.1, 0.15) is 0 Å². The Balaban J connectivity index is 2.38. The number of nitrogens with zero attached hydrogens (tertiary/aromatic N) is 1. The molecule has 0 bridgehead atoms. The Morgan fingerprint density at radius 3 is 2.40 bits per heavy atom. The van der Waals surface area contributed by atoms with Gasteiger partial charge < -0.3 is 10.6 Å². The van der Waals surface area contributed by atoms with Crippen molar-refractivity contribution in [2.45, 2.75) is 6.92 Å². The molecule has 0 heterocycles. The highest BCUT2D eigenvalue weighted by molar-refractivity contribution is 9.11. The summed E-state index contributed by atoms with van der Waals surface area (Å²) in [4.78, 5) is 14.4. The van der Waals surface area contributed by atoms with Gasteiger partial charge in [0.25, 0.3) is 5.91 Å². The fourth-order valence-electron chi connectivity index (χ4n) is 1.90. The van der Waals surface area contributed by atoms with Crippen molar-refractivity contribution in [1.29, 1.82) is 0 Å². The van der Waals surface area contributed by atoms with Crippen LogP contribution in [0.5, 0.6) is 0 Å². The quantitative estimate of drug-likeness (QED) is 0.777. The van der Waals surface area contributed by atoms with E-state index >= 15 is 0 Å².